The predicted molar refractivity (Wildman–Crippen MR) is 139 cm³/mol. The quantitative estimate of drug-likeness (QED) is 0.268. The lowest BCUT2D eigenvalue weighted by atomic mass is 9.94. The zero-order valence-electron chi connectivity index (χ0n) is 19.9. The Balaban J connectivity index is 1.50. The average molecular weight is 506 g/mol. The van der Waals surface area contributed by atoms with Crippen LogP contribution in [0.1, 0.15) is 25.5 Å². The van der Waals surface area contributed by atoms with Gasteiger partial charge in [0.05, 0.1) is 23.8 Å². The van der Waals surface area contributed by atoms with Gasteiger partial charge >= 0.3 is 0 Å². The summed E-state index contributed by atoms with van der Waals surface area (Å²) in [6, 6.07) is 12.7. The largest absolute Gasteiger partial charge is 0.352 e. The van der Waals surface area contributed by atoms with Crippen molar-refractivity contribution in [2.24, 2.45) is 0 Å². The fourth-order valence-corrected chi connectivity index (χ4v) is 5.39. The number of aromatic nitrogens is 5. The van der Waals surface area contributed by atoms with E-state index < -0.39 is 5.82 Å². The monoisotopic (exact) mass is 505 g/mol. The predicted octanol–water partition coefficient (Wildman–Crippen LogP) is 5.68. The number of fused-ring (bicyclic) bond motifs is 1. The topological polar surface area (TPSA) is 80.5 Å². The van der Waals surface area contributed by atoms with Gasteiger partial charge in [-0.3, -0.25) is 4.68 Å². The van der Waals surface area contributed by atoms with Gasteiger partial charge in [0.1, 0.15) is 11.5 Å². The highest BCUT2D eigenvalue weighted by atomic mass is 32.1. The molecule has 1 unspecified atom stereocenters. The zero-order chi connectivity index (χ0) is 25.1. The molecule has 3 heterocycles. The standard InChI is InChI=1S/C26H25F2N7S/c1-3-29-16(2)19-8-7-18(27)14-21(19)20-6-4-5-17-13-23(36-25(17)20)24-22(28)15-31-26(33-24)30-9-11-35-12-10-32-34-35/h4-8,10,12-16,29H,3,9,11H2,1-2H3,(H,30,31,33). The lowest BCUT2D eigenvalue weighted by Gasteiger charge is -2.18. The van der Waals surface area contributed by atoms with E-state index in [4.69, 9.17) is 0 Å². The molecule has 0 aliphatic heterocycles. The SMILES string of the molecule is CCNC(C)c1ccc(F)cc1-c1cccc2cc(-c3nc(NCCn4ccnn4)ncc3F)sc12. The second kappa shape index (κ2) is 10.5. The van der Waals surface area contributed by atoms with Crippen molar-refractivity contribution in [3.8, 4) is 21.7 Å². The Labute approximate surface area is 211 Å². The van der Waals surface area contributed by atoms with Crippen molar-refractivity contribution in [2.45, 2.75) is 26.4 Å². The highest BCUT2D eigenvalue weighted by Gasteiger charge is 2.18. The first-order chi connectivity index (χ1) is 17.5. The maximum absolute atomic E-state index is 14.8. The van der Waals surface area contributed by atoms with Gasteiger partial charge < -0.3 is 10.6 Å². The van der Waals surface area contributed by atoms with Gasteiger partial charge in [-0.15, -0.1) is 16.4 Å². The van der Waals surface area contributed by atoms with E-state index in [0.717, 1.165) is 33.3 Å². The molecule has 0 spiro atoms. The maximum atomic E-state index is 14.8. The van der Waals surface area contributed by atoms with Crippen molar-refractivity contribution in [3.63, 3.8) is 0 Å². The molecule has 0 radical (unpaired) electrons. The van der Waals surface area contributed by atoms with Crippen LogP contribution >= 0.6 is 11.3 Å². The molecule has 7 nitrogen and oxygen atoms in total. The van der Waals surface area contributed by atoms with Crippen LogP contribution in [0, 0.1) is 11.6 Å². The van der Waals surface area contributed by atoms with E-state index in [-0.39, 0.29) is 17.6 Å². The summed E-state index contributed by atoms with van der Waals surface area (Å²) in [5.41, 5.74) is 2.96. The molecule has 10 heteroatoms. The second-order valence-corrected chi connectivity index (χ2v) is 9.38. The first-order valence-corrected chi connectivity index (χ1v) is 12.5. The summed E-state index contributed by atoms with van der Waals surface area (Å²) in [5.74, 6) is -0.470. The van der Waals surface area contributed by atoms with Gasteiger partial charge in [0.25, 0.3) is 0 Å². The summed E-state index contributed by atoms with van der Waals surface area (Å²) < 4.78 is 31.8. The molecule has 2 aromatic carbocycles. The molecule has 5 aromatic rings. The molecule has 0 aliphatic rings. The molecule has 0 fully saturated rings. The molecular weight excluding hydrogens is 480 g/mol. The number of nitrogens with one attached hydrogen (secondary N) is 2. The third kappa shape index (κ3) is 4.95. The average Bonchev–Trinajstić information content (AvgIpc) is 3.55. The molecule has 3 aromatic heterocycles. The summed E-state index contributed by atoms with van der Waals surface area (Å²) in [6.45, 7) is 5.99. The highest BCUT2D eigenvalue weighted by Crippen LogP contribution is 2.41. The van der Waals surface area contributed by atoms with Crippen molar-refractivity contribution in [3.05, 3.63) is 78.3 Å². The Bertz CT molecular complexity index is 1480. The summed E-state index contributed by atoms with van der Waals surface area (Å²) in [5, 5.41) is 15.1. The summed E-state index contributed by atoms with van der Waals surface area (Å²) >= 11 is 1.43. The molecule has 0 saturated carbocycles. The van der Waals surface area contributed by atoms with E-state index in [1.54, 1.807) is 23.1 Å². The Morgan fingerprint density at radius 1 is 1.11 bits per heavy atom. The molecule has 184 valence electrons. The van der Waals surface area contributed by atoms with E-state index in [9.17, 15) is 8.78 Å². The van der Waals surface area contributed by atoms with Gasteiger partial charge in [0.2, 0.25) is 5.95 Å². The number of hydrogen-bond donors (Lipinski definition) is 2. The molecular formula is C26H25F2N7S. The van der Waals surface area contributed by atoms with Crippen LogP contribution in [0.15, 0.2) is 61.1 Å². The third-order valence-corrected chi connectivity index (χ3v) is 7.09. The van der Waals surface area contributed by atoms with Crippen LogP contribution < -0.4 is 10.6 Å². The summed E-state index contributed by atoms with van der Waals surface area (Å²) in [4.78, 5) is 9.19. The normalized spacial score (nSPS) is 12.2. The molecule has 1 atom stereocenters. The Morgan fingerprint density at radius 2 is 2.00 bits per heavy atom. The highest BCUT2D eigenvalue weighted by molar-refractivity contribution is 7.22. The number of rotatable bonds is 9. The minimum absolute atomic E-state index is 0.0470. The third-order valence-electron chi connectivity index (χ3n) is 5.90. The van der Waals surface area contributed by atoms with Crippen LogP contribution in [0.2, 0.25) is 0 Å². The number of nitrogens with zero attached hydrogens (tertiary/aromatic N) is 5. The Hall–Kier alpha value is -3.76. The van der Waals surface area contributed by atoms with Crippen LogP contribution in [0.25, 0.3) is 31.8 Å². The fraction of sp³-hybridized carbons (Fsp3) is 0.231. The lowest BCUT2D eigenvalue weighted by Crippen LogP contribution is -2.18. The Morgan fingerprint density at radius 3 is 2.81 bits per heavy atom. The molecule has 36 heavy (non-hydrogen) atoms. The minimum Gasteiger partial charge on any atom is -0.352 e. The van der Waals surface area contributed by atoms with Crippen LogP contribution in [-0.2, 0) is 6.54 Å². The van der Waals surface area contributed by atoms with Gasteiger partial charge in [-0.05, 0) is 53.7 Å². The number of hydrogen-bond acceptors (Lipinski definition) is 7. The minimum atomic E-state index is -0.503. The second-order valence-electron chi connectivity index (χ2n) is 8.33. The van der Waals surface area contributed by atoms with Crippen LogP contribution in [0.5, 0.6) is 0 Å². The van der Waals surface area contributed by atoms with E-state index in [0.29, 0.717) is 23.9 Å². The van der Waals surface area contributed by atoms with Gasteiger partial charge in [0.15, 0.2) is 5.82 Å². The van der Waals surface area contributed by atoms with Crippen molar-refractivity contribution >= 4 is 27.4 Å². The summed E-state index contributed by atoms with van der Waals surface area (Å²) in [7, 11) is 0. The molecule has 0 saturated heterocycles. The van der Waals surface area contributed by atoms with E-state index in [1.165, 1.54) is 23.6 Å². The number of halogens is 2. The van der Waals surface area contributed by atoms with Gasteiger partial charge in [-0.2, -0.15) is 0 Å². The number of benzene rings is 2. The van der Waals surface area contributed by atoms with Crippen molar-refractivity contribution in [1.29, 1.82) is 0 Å². The summed E-state index contributed by atoms with van der Waals surface area (Å²) in [6.07, 6.45) is 4.54. The molecule has 0 aliphatic carbocycles. The lowest BCUT2D eigenvalue weighted by molar-refractivity contribution is 0.593. The number of thiophene rings is 1. The first-order valence-electron chi connectivity index (χ1n) is 11.7. The van der Waals surface area contributed by atoms with Crippen LogP contribution in [0.3, 0.4) is 0 Å². The van der Waals surface area contributed by atoms with Crippen LogP contribution in [0.4, 0.5) is 14.7 Å². The molecule has 0 amide bonds. The van der Waals surface area contributed by atoms with E-state index in [2.05, 4.69) is 37.8 Å². The molecule has 0 bridgehead atoms. The maximum Gasteiger partial charge on any atom is 0.223 e. The first kappa shape index (κ1) is 24.0. The van der Waals surface area contributed by atoms with Gasteiger partial charge in [0, 0.05) is 23.5 Å². The molecule has 5 rings (SSSR count). The molecule has 2 N–H and O–H groups in total. The number of anilines is 1. The van der Waals surface area contributed by atoms with E-state index in [1.807, 2.05) is 37.3 Å². The Kier molecular flexibility index (Phi) is 6.97. The zero-order valence-corrected chi connectivity index (χ0v) is 20.7. The van der Waals surface area contributed by atoms with Gasteiger partial charge in [-0.25, -0.2) is 18.7 Å². The van der Waals surface area contributed by atoms with E-state index >= 15 is 0 Å². The van der Waals surface area contributed by atoms with Crippen molar-refractivity contribution in [1.82, 2.24) is 30.3 Å². The van der Waals surface area contributed by atoms with Crippen LogP contribution in [-0.4, -0.2) is 38.1 Å². The fourth-order valence-electron chi connectivity index (χ4n) is 4.21. The smallest absolute Gasteiger partial charge is 0.223 e. The van der Waals surface area contributed by atoms with Crippen molar-refractivity contribution < 1.29 is 8.78 Å². The van der Waals surface area contributed by atoms with Crippen molar-refractivity contribution in [2.75, 3.05) is 18.4 Å². The van der Waals surface area contributed by atoms with Gasteiger partial charge in [-0.1, -0.05) is 36.4 Å².